The number of phenolic OH excluding ortho intramolecular Hbond substituents is 1. The molecule has 0 atom stereocenters. The molecule has 2 saturated carbocycles. The van der Waals surface area contributed by atoms with Gasteiger partial charge >= 0.3 is 3.18 Å². The number of aromatic nitrogens is 8. The number of anilines is 2. The molecule has 2 aliphatic rings. The van der Waals surface area contributed by atoms with Gasteiger partial charge in [0.05, 0.1) is 41.7 Å². The maximum Gasteiger partial charge on any atom is 0.369 e. The molecule has 14 nitrogen and oxygen atoms in total. The van der Waals surface area contributed by atoms with Crippen LogP contribution in [0.2, 0.25) is 0 Å². The molecule has 70 heavy (non-hydrogen) atoms. The summed E-state index contributed by atoms with van der Waals surface area (Å²) in [6.45, 7) is 0. The van der Waals surface area contributed by atoms with E-state index in [1.54, 1.807) is 38.0 Å². The number of nitrogens with zero attached hydrogens (tertiary/aromatic N) is 8. The van der Waals surface area contributed by atoms with Gasteiger partial charge in [-0.05, 0) is 111 Å². The number of nitrogens with one attached hydrogen (secondary N) is 2. The number of hydrogen-bond acceptors (Lipinski definition) is 12. The van der Waals surface area contributed by atoms with Crippen molar-refractivity contribution in [2.24, 2.45) is 0 Å². The van der Waals surface area contributed by atoms with Gasteiger partial charge in [-0.3, -0.25) is 9.13 Å². The summed E-state index contributed by atoms with van der Waals surface area (Å²) in [5, 5.41) is 19.1. The smallest absolute Gasteiger partial charge is 0.369 e. The Balaban J connectivity index is 0.000000160. The van der Waals surface area contributed by atoms with Gasteiger partial charge in [0.15, 0.2) is 0 Å². The van der Waals surface area contributed by atoms with Crippen LogP contribution in [0.5, 0.6) is 11.5 Å². The summed E-state index contributed by atoms with van der Waals surface area (Å²) in [6.07, 6.45) is 19.2. The molecule has 2 fully saturated rings. The number of benzene rings is 4. The quantitative estimate of drug-likeness (QED) is 0.117. The molecular weight excluding hydrogens is 1080 g/mol. The Morgan fingerprint density at radius 1 is 0.586 bits per heavy atom. The number of phenols is 1. The van der Waals surface area contributed by atoms with Crippen LogP contribution >= 0.6 is 47.3 Å². The number of furan rings is 2. The first-order chi connectivity index (χ1) is 33.8. The van der Waals surface area contributed by atoms with Crippen molar-refractivity contribution < 1.29 is 18.7 Å². The van der Waals surface area contributed by atoms with E-state index in [1.165, 1.54) is 38.5 Å². The van der Waals surface area contributed by atoms with Gasteiger partial charge < -0.3 is 29.3 Å². The molecule has 358 valence electrons. The fourth-order valence-corrected chi connectivity index (χ4v) is 9.26. The second kappa shape index (κ2) is 22.2. The number of rotatable bonds is 9. The number of aromatic hydroxyl groups is 1. The van der Waals surface area contributed by atoms with Crippen LogP contribution in [0.1, 0.15) is 71.6 Å². The van der Waals surface area contributed by atoms with Gasteiger partial charge in [-0.15, -0.1) is 47.3 Å². The highest BCUT2D eigenvalue weighted by Gasteiger charge is 2.21. The van der Waals surface area contributed by atoms with Crippen molar-refractivity contribution in [1.29, 1.82) is 0 Å². The van der Waals surface area contributed by atoms with E-state index in [0.717, 1.165) is 104 Å². The van der Waals surface area contributed by atoms with E-state index < -0.39 is 0 Å². The summed E-state index contributed by atoms with van der Waals surface area (Å²) in [5.74, 6) is 5.30. The fourth-order valence-electron chi connectivity index (χ4n) is 9.26. The Kier molecular flexibility index (Phi) is 15.5. The lowest BCUT2D eigenvalue weighted by atomic mass is 9.96. The third-order valence-electron chi connectivity index (χ3n) is 12.5. The van der Waals surface area contributed by atoms with Crippen LogP contribution in [-0.4, -0.2) is 66.5 Å². The van der Waals surface area contributed by atoms with Crippen LogP contribution in [0.25, 0.3) is 78.4 Å². The van der Waals surface area contributed by atoms with Gasteiger partial charge in [0.25, 0.3) is 0 Å². The second-order valence-electron chi connectivity index (χ2n) is 17.1. The SMILES string of the molecule is BrB(Br)Br.C.COc1ccc2c(c1)nc(-c1ccc3occc3c1)n2-c1ccnc(NC2CCCCC2)n1.Oc1ccc2c(c1)nc(-c1ccc3occc3c1)n2-c1ccnc(NC2CCCCC2)n1. The van der Waals surface area contributed by atoms with Crippen molar-refractivity contribution in [2.75, 3.05) is 17.7 Å². The predicted molar refractivity (Wildman–Crippen MR) is 292 cm³/mol. The average Bonchev–Trinajstić information content (AvgIpc) is 4.19. The van der Waals surface area contributed by atoms with Crippen LogP contribution in [-0.2, 0) is 0 Å². The molecule has 4 aromatic carbocycles. The van der Waals surface area contributed by atoms with Gasteiger partial charge in [-0.25, -0.2) is 19.9 Å². The lowest BCUT2D eigenvalue weighted by Gasteiger charge is -2.22. The lowest BCUT2D eigenvalue weighted by molar-refractivity contribution is 0.415. The van der Waals surface area contributed by atoms with Crippen LogP contribution in [0.4, 0.5) is 11.9 Å². The van der Waals surface area contributed by atoms with E-state index in [9.17, 15) is 5.11 Å². The van der Waals surface area contributed by atoms with Gasteiger partial charge in [-0.1, -0.05) is 46.0 Å². The predicted octanol–water partition coefficient (Wildman–Crippen LogP) is 14.5. The molecule has 0 spiro atoms. The minimum absolute atomic E-state index is 0. The van der Waals surface area contributed by atoms with Crippen molar-refractivity contribution >= 4 is 106 Å². The molecule has 0 saturated heterocycles. The molecule has 10 aromatic rings. The minimum Gasteiger partial charge on any atom is -0.508 e. The summed E-state index contributed by atoms with van der Waals surface area (Å²) in [4.78, 5) is 28.5. The normalized spacial score (nSPS) is 14.1. The number of ether oxygens (including phenoxy) is 1. The van der Waals surface area contributed by atoms with E-state index in [1.807, 2.05) is 83.6 Å². The van der Waals surface area contributed by atoms with Gasteiger partial charge in [0.1, 0.15) is 45.9 Å². The summed E-state index contributed by atoms with van der Waals surface area (Å²) in [5.41, 5.74) is 6.98. The highest BCUT2D eigenvalue weighted by Crippen LogP contribution is 2.34. The van der Waals surface area contributed by atoms with Crippen LogP contribution in [0.15, 0.2) is 131 Å². The first-order valence-electron chi connectivity index (χ1n) is 23.1. The highest BCUT2D eigenvalue weighted by atomic mass is 79.9. The summed E-state index contributed by atoms with van der Waals surface area (Å²) in [6, 6.07) is 31.8. The average molecular weight is 1130 g/mol. The Morgan fingerprint density at radius 2 is 1.06 bits per heavy atom. The fraction of sp³-hybridized carbons (Fsp3) is 0.269. The highest BCUT2D eigenvalue weighted by molar-refractivity contribution is 9.69. The molecule has 0 aliphatic heterocycles. The molecular formula is C52H52BBr3N10O4. The second-order valence-corrected chi connectivity index (χ2v) is 23.5. The van der Waals surface area contributed by atoms with Crippen molar-refractivity contribution in [3.63, 3.8) is 0 Å². The van der Waals surface area contributed by atoms with Crippen molar-refractivity contribution in [1.82, 2.24) is 39.0 Å². The molecule has 3 N–H and O–H groups in total. The standard InChI is InChI=1S/C26H25N5O2.C25H23N5O2.CH4.BBr3/c1-32-20-8-9-22-21(16-20)29-25(18-7-10-23-17(15-18)12-14-33-23)31(22)24-11-13-27-26(30-24)28-19-5-3-2-4-6-19;31-19-7-8-21-20(15-19)28-24(17-6-9-22-16(14-17)11-13-32-22)30(21)23-10-12-26-25(29-23)27-18-4-2-1-3-5-18;;2-1(3)4/h7-16,19H,2-6H2,1H3,(H,27,28,30);6-15,18,31H,1-5H2,(H,26,27,29);1H4;. The Labute approximate surface area is 430 Å². The Morgan fingerprint density at radius 3 is 1.54 bits per heavy atom. The molecule has 0 radical (unpaired) electrons. The van der Waals surface area contributed by atoms with Gasteiger partial charge in [0, 0.05) is 58.5 Å². The van der Waals surface area contributed by atoms with E-state index in [-0.39, 0.29) is 16.4 Å². The van der Waals surface area contributed by atoms with Crippen molar-refractivity contribution in [2.45, 2.75) is 83.7 Å². The minimum atomic E-state index is 0. The monoisotopic (exact) mass is 1130 g/mol. The molecule has 0 unspecified atom stereocenters. The molecule has 0 amide bonds. The van der Waals surface area contributed by atoms with Gasteiger partial charge in [-0.2, -0.15) is 9.97 Å². The number of methoxy groups -OCH3 is 1. The van der Waals surface area contributed by atoms with E-state index in [0.29, 0.717) is 29.5 Å². The molecule has 12 rings (SSSR count). The van der Waals surface area contributed by atoms with Crippen LogP contribution in [0, 0.1) is 0 Å². The zero-order chi connectivity index (χ0) is 47.3. The molecule has 6 aromatic heterocycles. The molecule has 18 heteroatoms. The first-order valence-corrected chi connectivity index (χ1v) is 25.9. The topological polar surface area (TPSA) is 167 Å². The lowest BCUT2D eigenvalue weighted by Crippen LogP contribution is -2.23. The molecule has 0 bridgehead atoms. The third-order valence-corrected chi connectivity index (χ3v) is 12.5. The zero-order valence-corrected chi connectivity index (χ0v) is 42.5. The van der Waals surface area contributed by atoms with Crippen molar-refractivity contribution in [3.05, 3.63) is 122 Å². The maximum absolute atomic E-state index is 10.0. The maximum atomic E-state index is 10.0. The number of imidazole rings is 2. The van der Waals surface area contributed by atoms with Crippen LogP contribution < -0.4 is 15.4 Å². The molecule has 6 heterocycles. The zero-order valence-electron chi connectivity index (χ0n) is 37.7. The largest absolute Gasteiger partial charge is 0.508 e. The number of halogens is 3. The number of hydrogen-bond donors (Lipinski definition) is 3. The summed E-state index contributed by atoms with van der Waals surface area (Å²) >= 11 is 9.31. The van der Waals surface area contributed by atoms with Crippen molar-refractivity contribution in [3.8, 4) is 45.9 Å². The summed E-state index contributed by atoms with van der Waals surface area (Å²) < 4.78 is 20.8. The van der Waals surface area contributed by atoms with E-state index in [4.69, 9.17) is 33.5 Å². The van der Waals surface area contributed by atoms with E-state index in [2.05, 4.69) is 84.6 Å². The third kappa shape index (κ3) is 11.0. The Hall–Kier alpha value is -6.24. The summed E-state index contributed by atoms with van der Waals surface area (Å²) in [7, 11) is 1.67. The Bertz CT molecular complexity index is 3360. The number of fused-ring (bicyclic) bond motifs is 4. The van der Waals surface area contributed by atoms with Crippen LogP contribution in [0.3, 0.4) is 0 Å². The molecule has 2 aliphatic carbocycles. The first kappa shape index (κ1) is 48.8. The van der Waals surface area contributed by atoms with Gasteiger partial charge in [0.2, 0.25) is 11.9 Å². The van der Waals surface area contributed by atoms with E-state index >= 15 is 0 Å².